The van der Waals surface area contributed by atoms with Crippen LogP contribution in [0.3, 0.4) is 0 Å². The van der Waals surface area contributed by atoms with Crippen molar-refractivity contribution < 1.29 is 14.6 Å². The maximum absolute atomic E-state index is 9.39. The zero-order valence-electron chi connectivity index (χ0n) is 9.43. The molecule has 1 aromatic heterocycles. The van der Waals surface area contributed by atoms with Gasteiger partial charge in [-0.2, -0.15) is 0 Å². The van der Waals surface area contributed by atoms with E-state index in [-0.39, 0.29) is 6.10 Å². The molecule has 3 N–H and O–H groups in total. The lowest BCUT2D eigenvalue weighted by Crippen LogP contribution is -2.52. The quantitative estimate of drug-likeness (QED) is 0.777. The van der Waals surface area contributed by atoms with Crippen LogP contribution in [-0.2, 0) is 5.54 Å². The molecular weight excluding hydrogens is 208 g/mol. The van der Waals surface area contributed by atoms with Gasteiger partial charge in [0.15, 0.2) is 0 Å². The van der Waals surface area contributed by atoms with Crippen molar-refractivity contribution in [2.24, 2.45) is 5.73 Å². The first kappa shape index (κ1) is 11.2. The summed E-state index contributed by atoms with van der Waals surface area (Å²) in [6.45, 7) is 0. The number of aliphatic hydroxyl groups excluding tert-OH is 1. The second-order valence-electron chi connectivity index (χ2n) is 4.12. The smallest absolute Gasteiger partial charge is 0.221 e. The first-order valence-corrected chi connectivity index (χ1v) is 5.15. The van der Waals surface area contributed by atoms with Gasteiger partial charge in [-0.15, -0.1) is 0 Å². The lowest BCUT2D eigenvalue weighted by molar-refractivity contribution is 0.0184. The molecular formula is C11H16N2O3. The highest BCUT2D eigenvalue weighted by Gasteiger charge is 2.45. The summed E-state index contributed by atoms with van der Waals surface area (Å²) >= 11 is 0. The van der Waals surface area contributed by atoms with Gasteiger partial charge in [0.25, 0.3) is 0 Å². The molecule has 5 heteroatoms. The number of aliphatic hydroxyl groups is 1. The predicted molar refractivity (Wildman–Crippen MR) is 58.4 cm³/mol. The second-order valence-corrected chi connectivity index (χ2v) is 4.12. The molecule has 0 aliphatic heterocycles. The van der Waals surface area contributed by atoms with Crippen molar-refractivity contribution >= 4 is 0 Å². The molecule has 0 radical (unpaired) electrons. The average Bonchev–Trinajstić information content (AvgIpc) is 2.25. The molecule has 1 aliphatic rings. The maximum atomic E-state index is 9.39. The number of hydrogen-bond acceptors (Lipinski definition) is 5. The Morgan fingerprint density at radius 1 is 1.44 bits per heavy atom. The molecule has 2 rings (SSSR count). The third kappa shape index (κ3) is 1.62. The molecule has 0 saturated heterocycles. The number of aromatic nitrogens is 1. The summed E-state index contributed by atoms with van der Waals surface area (Å²) in [5, 5.41) is 9.39. The minimum atomic E-state index is -0.593. The largest absolute Gasteiger partial charge is 0.496 e. The standard InChI is InChI=1S/C11H16N2O3/c1-15-8-3-4-13-10(16-2)9(8)11(12)5-7(14)6-11/h3-4,7,14H,5-6,12H2,1-2H3. The third-order valence-electron chi connectivity index (χ3n) is 2.99. The Labute approximate surface area is 94.2 Å². The summed E-state index contributed by atoms with van der Waals surface area (Å²) in [5.41, 5.74) is 6.36. The molecule has 1 heterocycles. The van der Waals surface area contributed by atoms with E-state index in [0.29, 0.717) is 24.5 Å². The van der Waals surface area contributed by atoms with E-state index in [1.165, 1.54) is 0 Å². The molecule has 88 valence electrons. The fourth-order valence-electron chi connectivity index (χ4n) is 2.19. The molecule has 0 unspecified atom stereocenters. The molecule has 1 aromatic rings. The Morgan fingerprint density at radius 3 is 2.62 bits per heavy atom. The zero-order chi connectivity index (χ0) is 11.8. The zero-order valence-corrected chi connectivity index (χ0v) is 9.43. The van der Waals surface area contributed by atoms with Crippen LogP contribution >= 0.6 is 0 Å². The Bertz CT molecular complexity index is 367. The minimum Gasteiger partial charge on any atom is -0.496 e. The number of nitrogens with zero attached hydrogens (tertiary/aromatic N) is 1. The summed E-state index contributed by atoms with van der Waals surface area (Å²) < 4.78 is 10.5. The highest BCUT2D eigenvalue weighted by molar-refractivity contribution is 5.46. The number of pyridine rings is 1. The van der Waals surface area contributed by atoms with Gasteiger partial charge in [-0.25, -0.2) is 4.98 Å². The van der Waals surface area contributed by atoms with E-state index in [9.17, 15) is 5.11 Å². The van der Waals surface area contributed by atoms with Gasteiger partial charge in [-0.05, 0) is 18.9 Å². The van der Waals surface area contributed by atoms with E-state index >= 15 is 0 Å². The SMILES string of the molecule is COc1ccnc(OC)c1C1(N)CC(O)C1. The monoisotopic (exact) mass is 224 g/mol. The van der Waals surface area contributed by atoms with Crippen LogP contribution in [0.25, 0.3) is 0 Å². The number of ether oxygens (including phenoxy) is 2. The van der Waals surface area contributed by atoms with Gasteiger partial charge >= 0.3 is 0 Å². The number of methoxy groups -OCH3 is 2. The van der Waals surface area contributed by atoms with Gasteiger partial charge in [-0.3, -0.25) is 0 Å². The van der Waals surface area contributed by atoms with Crippen LogP contribution < -0.4 is 15.2 Å². The first-order chi connectivity index (χ1) is 7.60. The Kier molecular flexibility index (Phi) is 2.73. The number of rotatable bonds is 3. The van der Waals surface area contributed by atoms with Crippen molar-refractivity contribution in [2.45, 2.75) is 24.5 Å². The summed E-state index contributed by atoms with van der Waals surface area (Å²) in [6.07, 6.45) is 2.27. The molecule has 0 aromatic carbocycles. The van der Waals surface area contributed by atoms with Crippen molar-refractivity contribution in [3.8, 4) is 11.6 Å². The first-order valence-electron chi connectivity index (χ1n) is 5.15. The van der Waals surface area contributed by atoms with Crippen molar-refractivity contribution in [3.63, 3.8) is 0 Å². The molecule has 0 amide bonds. The topological polar surface area (TPSA) is 77.6 Å². The van der Waals surface area contributed by atoms with E-state index in [4.69, 9.17) is 15.2 Å². The Morgan fingerprint density at radius 2 is 2.12 bits per heavy atom. The van der Waals surface area contributed by atoms with Crippen molar-refractivity contribution in [3.05, 3.63) is 17.8 Å². The van der Waals surface area contributed by atoms with Gasteiger partial charge in [0.05, 0.1) is 31.4 Å². The number of nitrogens with two attached hydrogens (primary N) is 1. The molecule has 1 fully saturated rings. The highest BCUT2D eigenvalue weighted by Crippen LogP contribution is 2.46. The maximum Gasteiger partial charge on any atom is 0.221 e. The molecule has 1 aliphatic carbocycles. The van der Waals surface area contributed by atoms with Crippen LogP contribution in [-0.4, -0.2) is 30.4 Å². The minimum absolute atomic E-state index is 0.348. The molecule has 1 saturated carbocycles. The fraction of sp³-hybridized carbons (Fsp3) is 0.545. The Hall–Kier alpha value is -1.33. The lowest BCUT2D eigenvalue weighted by Gasteiger charge is -2.43. The summed E-state index contributed by atoms with van der Waals surface area (Å²) in [7, 11) is 3.13. The predicted octanol–water partition coefficient (Wildman–Crippen LogP) is 0.407. The summed E-state index contributed by atoms with van der Waals surface area (Å²) in [4.78, 5) is 4.12. The molecule has 5 nitrogen and oxygen atoms in total. The van der Waals surface area contributed by atoms with Gasteiger partial charge in [0.2, 0.25) is 5.88 Å². The normalized spacial score (nSPS) is 28.4. The highest BCUT2D eigenvalue weighted by atomic mass is 16.5. The van der Waals surface area contributed by atoms with Crippen molar-refractivity contribution in [1.29, 1.82) is 0 Å². The van der Waals surface area contributed by atoms with Crippen molar-refractivity contribution in [1.82, 2.24) is 4.98 Å². The van der Waals surface area contributed by atoms with Crippen LogP contribution in [0.2, 0.25) is 0 Å². The summed E-state index contributed by atoms with van der Waals surface area (Å²) in [5.74, 6) is 1.12. The second kappa shape index (κ2) is 3.92. The van der Waals surface area contributed by atoms with Crippen LogP contribution in [0, 0.1) is 0 Å². The van der Waals surface area contributed by atoms with Crippen LogP contribution in [0.4, 0.5) is 0 Å². The lowest BCUT2D eigenvalue weighted by atomic mass is 9.70. The van der Waals surface area contributed by atoms with Crippen LogP contribution in [0.15, 0.2) is 12.3 Å². The van der Waals surface area contributed by atoms with Gasteiger partial charge < -0.3 is 20.3 Å². The van der Waals surface area contributed by atoms with E-state index in [2.05, 4.69) is 4.98 Å². The van der Waals surface area contributed by atoms with Crippen molar-refractivity contribution in [2.75, 3.05) is 14.2 Å². The van der Waals surface area contributed by atoms with Gasteiger partial charge in [0.1, 0.15) is 5.75 Å². The molecule has 16 heavy (non-hydrogen) atoms. The summed E-state index contributed by atoms with van der Waals surface area (Å²) in [6, 6.07) is 1.75. The third-order valence-corrected chi connectivity index (χ3v) is 2.99. The molecule has 0 bridgehead atoms. The molecule has 0 atom stereocenters. The van der Waals surface area contributed by atoms with E-state index in [1.807, 2.05) is 0 Å². The Balaban J connectivity index is 2.45. The van der Waals surface area contributed by atoms with Gasteiger partial charge in [-0.1, -0.05) is 0 Å². The fourth-order valence-corrected chi connectivity index (χ4v) is 2.19. The number of hydrogen-bond donors (Lipinski definition) is 2. The van der Waals surface area contributed by atoms with Crippen LogP contribution in [0.5, 0.6) is 11.6 Å². The average molecular weight is 224 g/mol. The van der Waals surface area contributed by atoms with Crippen LogP contribution in [0.1, 0.15) is 18.4 Å². The van der Waals surface area contributed by atoms with E-state index in [1.54, 1.807) is 26.5 Å². The van der Waals surface area contributed by atoms with E-state index in [0.717, 1.165) is 5.56 Å². The molecule has 0 spiro atoms. The van der Waals surface area contributed by atoms with E-state index < -0.39 is 5.54 Å². The van der Waals surface area contributed by atoms with Gasteiger partial charge in [0, 0.05) is 6.20 Å².